The van der Waals surface area contributed by atoms with Crippen molar-refractivity contribution in [3.05, 3.63) is 169 Å². The molecule has 2 aromatic heterocycles. The van der Waals surface area contributed by atoms with Crippen molar-refractivity contribution < 1.29 is 4.42 Å². The number of nitrogens with zero attached hydrogens (tertiary/aromatic N) is 3. The lowest BCUT2D eigenvalue weighted by molar-refractivity contribution is 0.669. The molecule has 1 unspecified atom stereocenters. The zero-order chi connectivity index (χ0) is 33.9. The molecule has 0 bridgehead atoms. The summed E-state index contributed by atoms with van der Waals surface area (Å²) >= 11 is 0. The van der Waals surface area contributed by atoms with Crippen LogP contribution in [0.1, 0.15) is 17.3 Å². The van der Waals surface area contributed by atoms with Crippen LogP contribution in [0.3, 0.4) is 0 Å². The van der Waals surface area contributed by atoms with E-state index in [1.807, 2.05) is 30.3 Å². The first-order valence-electron chi connectivity index (χ1n) is 17.2. The van der Waals surface area contributed by atoms with Crippen LogP contribution in [0.25, 0.3) is 76.1 Å². The summed E-state index contributed by atoms with van der Waals surface area (Å²) in [7, 11) is 0. The smallest absolute Gasteiger partial charge is 0.145 e. The Morgan fingerprint density at radius 2 is 1.25 bits per heavy atom. The molecule has 51 heavy (non-hydrogen) atoms. The Hall–Kier alpha value is -6.72. The quantitative estimate of drug-likeness (QED) is 0.110. The number of aliphatic imine (C=N–C) groups is 2. The molecule has 0 saturated carbocycles. The van der Waals surface area contributed by atoms with Crippen molar-refractivity contribution in [1.82, 2.24) is 9.88 Å². The fraction of sp³-hybridized carbons (Fsp3) is 0.0435. The van der Waals surface area contributed by atoms with Gasteiger partial charge in [0.25, 0.3) is 0 Å². The van der Waals surface area contributed by atoms with E-state index in [0.717, 1.165) is 55.3 Å². The average molecular weight is 657 g/mol. The van der Waals surface area contributed by atoms with Crippen LogP contribution in [0.2, 0.25) is 0 Å². The van der Waals surface area contributed by atoms with Crippen molar-refractivity contribution in [3.63, 3.8) is 0 Å². The summed E-state index contributed by atoms with van der Waals surface area (Å²) in [5.74, 6) is 0.747. The molecule has 5 heteroatoms. The number of aromatic nitrogens is 1. The van der Waals surface area contributed by atoms with Crippen molar-refractivity contribution in [1.29, 1.82) is 0 Å². The van der Waals surface area contributed by atoms with Gasteiger partial charge in [-0.15, -0.1) is 0 Å². The van der Waals surface area contributed by atoms with Gasteiger partial charge in [-0.1, -0.05) is 133 Å². The van der Waals surface area contributed by atoms with Crippen molar-refractivity contribution in [2.75, 3.05) is 0 Å². The summed E-state index contributed by atoms with van der Waals surface area (Å²) < 4.78 is 8.71. The highest BCUT2D eigenvalue weighted by molar-refractivity contribution is 6.29. The minimum atomic E-state index is -0.381. The van der Waals surface area contributed by atoms with Crippen LogP contribution >= 0.6 is 0 Å². The van der Waals surface area contributed by atoms with E-state index in [0.29, 0.717) is 6.67 Å². The number of hydrogen-bond acceptors (Lipinski definition) is 3. The van der Waals surface area contributed by atoms with Gasteiger partial charge in [0.15, 0.2) is 0 Å². The van der Waals surface area contributed by atoms with Gasteiger partial charge in [0.1, 0.15) is 29.8 Å². The van der Waals surface area contributed by atoms with Crippen LogP contribution in [0, 0.1) is 0 Å². The summed E-state index contributed by atoms with van der Waals surface area (Å²) in [5, 5.41) is 15.5. The molecular formula is C46H32N4O. The summed E-state index contributed by atoms with van der Waals surface area (Å²) in [6, 6.07) is 55.3. The highest BCUT2D eigenvalue weighted by Crippen LogP contribution is 2.42. The third kappa shape index (κ3) is 4.70. The Balaban J connectivity index is 1.20. The monoisotopic (exact) mass is 656 g/mol. The number of benzene rings is 8. The van der Waals surface area contributed by atoms with Gasteiger partial charge in [-0.05, 0) is 63.5 Å². The second kappa shape index (κ2) is 11.7. The second-order valence-electron chi connectivity index (χ2n) is 13.1. The molecule has 1 N–H and O–H groups in total. The van der Waals surface area contributed by atoms with Gasteiger partial charge in [-0.3, -0.25) is 4.99 Å². The third-order valence-electron chi connectivity index (χ3n) is 10.2. The first kappa shape index (κ1) is 29.2. The standard InChI is InChI=1S/C46H32N4O/c1-47-45(31-13-3-2-4-14-31)49-46(33-22-23-35-32(27-33)20-19-29-11-5-7-15-34(29)35)48-28-50-39-25-26-41-43(37-17-9-10-18-40(37)51-41)42(39)38-24-21-30-12-6-8-16-36(30)44(38)50/h2-27,45H,1,28H2,(H,48,49). The predicted molar refractivity (Wildman–Crippen MR) is 214 cm³/mol. The molecule has 0 radical (unpaired) electrons. The van der Waals surface area contributed by atoms with Gasteiger partial charge in [0, 0.05) is 32.5 Å². The average Bonchev–Trinajstić information content (AvgIpc) is 3.73. The molecule has 0 aliphatic rings. The molecule has 2 heterocycles. The Morgan fingerprint density at radius 3 is 2.10 bits per heavy atom. The number of rotatable bonds is 6. The van der Waals surface area contributed by atoms with Crippen LogP contribution in [-0.4, -0.2) is 17.1 Å². The highest BCUT2D eigenvalue weighted by Gasteiger charge is 2.20. The van der Waals surface area contributed by atoms with Crippen molar-refractivity contribution in [3.8, 4) is 0 Å². The molecule has 242 valence electrons. The van der Waals surface area contributed by atoms with Crippen LogP contribution in [0.4, 0.5) is 0 Å². The normalized spacial score (nSPS) is 12.9. The van der Waals surface area contributed by atoms with E-state index in [2.05, 4.69) is 149 Å². The number of nitrogens with one attached hydrogen (secondary N) is 1. The third-order valence-corrected chi connectivity index (χ3v) is 10.2. The highest BCUT2D eigenvalue weighted by atomic mass is 16.3. The number of fused-ring (bicyclic) bond motifs is 12. The van der Waals surface area contributed by atoms with Crippen LogP contribution in [0.15, 0.2) is 172 Å². The fourth-order valence-corrected chi connectivity index (χ4v) is 7.84. The Bertz CT molecular complexity index is 3010. The number of hydrogen-bond donors (Lipinski definition) is 1. The number of para-hydroxylation sites is 1. The van der Waals surface area contributed by atoms with Gasteiger partial charge < -0.3 is 14.3 Å². The molecule has 0 aliphatic carbocycles. The Labute approximate surface area is 293 Å². The SMILES string of the molecule is C=NC(N/C(=N\Cn1c2ccc3oc4ccccc4c3c2c2ccc3ccccc3c21)c1ccc2c(ccc3ccccc32)c1)c1ccccc1. The minimum Gasteiger partial charge on any atom is -0.456 e. The lowest BCUT2D eigenvalue weighted by Crippen LogP contribution is -2.28. The number of furan rings is 1. The van der Waals surface area contributed by atoms with Crippen molar-refractivity contribution >= 4 is 88.6 Å². The molecule has 0 amide bonds. The maximum Gasteiger partial charge on any atom is 0.145 e. The molecule has 0 aliphatic heterocycles. The summed E-state index contributed by atoms with van der Waals surface area (Å²) in [4.78, 5) is 9.92. The zero-order valence-electron chi connectivity index (χ0n) is 27.8. The van der Waals surface area contributed by atoms with E-state index < -0.39 is 0 Å². The van der Waals surface area contributed by atoms with Gasteiger partial charge in [-0.2, -0.15) is 0 Å². The van der Waals surface area contributed by atoms with E-state index >= 15 is 0 Å². The lowest BCUT2D eigenvalue weighted by Gasteiger charge is -2.19. The zero-order valence-corrected chi connectivity index (χ0v) is 27.8. The fourth-order valence-electron chi connectivity index (χ4n) is 7.84. The molecule has 0 saturated heterocycles. The Kier molecular flexibility index (Phi) is 6.71. The lowest BCUT2D eigenvalue weighted by atomic mass is 10.00. The molecule has 10 rings (SSSR count). The van der Waals surface area contributed by atoms with Crippen molar-refractivity contribution in [2.24, 2.45) is 9.98 Å². The summed E-state index contributed by atoms with van der Waals surface area (Å²) in [6.07, 6.45) is -0.381. The molecule has 0 fully saturated rings. The van der Waals surface area contributed by atoms with E-state index in [4.69, 9.17) is 9.41 Å². The molecule has 10 aromatic rings. The van der Waals surface area contributed by atoms with Crippen molar-refractivity contribution in [2.45, 2.75) is 12.8 Å². The second-order valence-corrected chi connectivity index (χ2v) is 13.1. The maximum absolute atomic E-state index is 6.36. The molecule has 0 spiro atoms. The number of amidine groups is 1. The van der Waals surface area contributed by atoms with Gasteiger partial charge >= 0.3 is 0 Å². The Morgan fingerprint density at radius 1 is 0.588 bits per heavy atom. The molecule has 1 atom stereocenters. The minimum absolute atomic E-state index is 0.381. The maximum atomic E-state index is 6.36. The largest absolute Gasteiger partial charge is 0.456 e. The van der Waals surface area contributed by atoms with E-state index in [1.54, 1.807) is 0 Å². The van der Waals surface area contributed by atoms with Crippen LogP contribution in [0.5, 0.6) is 0 Å². The van der Waals surface area contributed by atoms with E-state index in [1.165, 1.54) is 37.7 Å². The van der Waals surface area contributed by atoms with Gasteiger partial charge in [0.2, 0.25) is 0 Å². The molecular weight excluding hydrogens is 625 g/mol. The first-order valence-corrected chi connectivity index (χ1v) is 17.2. The first-order chi connectivity index (χ1) is 25.2. The van der Waals surface area contributed by atoms with Crippen LogP contribution in [-0.2, 0) is 6.67 Å². The van der Waals surface area contributed by atoms with E-state index in [-0.39, 0.29) is 6.17 Å². The van der Waals surface area contributed by atoms with Gasteiger partial charge in [-0.25, -0.2) is 4.99 Å². The van der Waals surface area contributed by atoms with E-state index in [9.17, 15) is 0 Å². The topological polar surface area (TPSA) is 54.8 Å². The molecule has 8 aromatic carbocycles. The van der Waals surface area contributed by atoms with Crippen LogP contribution < -0.4 is 5.32 Å². The summed E-state index contributed by atoms with van der Waals surface area (Å²) in [6.45, 7) is 4.34. The molecule has 5 nitrogen and oxygen atoms in total. The summed E-state index contributed by atoms with van der Waals surface area (Å²) in [5.41, 5.74) is 6.03. The predicted octanol–water partition coefficient (Wildman–Crippen LogP) is 11.5. The van der Waals surface area contributed by atoms with Gasteiger partial charge in [0.05, 0.1) is 11.0 Å².